The SMILES string of the molecule is C1=C(NCc2ccccc2)SCC1. The van der Waals surface area contributed by atoms with Crippen LogP contribution in [0.15, 0.2) is 41.4 Å². The van der Waals surface area contributed by atoms with Gasteiger partial charge in [-0.25, -0.2) is 0 Å². The molecule has 0 bridgehead atoms. The van der Waals surface area contributed by atoms with Gasteiger partial charge in [0.25, 0.3) is 0 Å². The minimum absolute atomic E-state index is 0.944. The number of allylic oxidation sites excluding steroid dienone is 1. The van der Waals surface area contributed by atoms with Crippen molar-refractivity contribution in [1.82, 2.24) is 5.32 Å². The van der Waals surface area contributed by atoms with Gasteiger partial charge in [-0.15, -0.1) is 11.8 Å². The Kier molecular flexibility index (Phi) is 2.93. The van der Waals surface area contributed by atoms with Crippen LogP contribution in [0.25, 0.3) is 0 Å². The first kappa shape index (κ1) is 8.70. The molecule has 1 aromatic rings. The molecule has 0 fully saturated rings. The maximum Gasteiger partial charge on any atom is 0.0643 e. The molecule has 0 saturated carbocycles. The molecule has 2 rings (SSSR count). The average Bonchev–Trinajstić information content (AvgIpc) is 2.69. The Bertz CT molecular complexity index is 292. The highest BCUT2D eigenvalue weighted by Gasteiger charge is 2.03. The smallest absolute Gasteiger partial charge is 0.0643 e. The third kappa shape index (κ3) is 2.52. The fourth-order valence-corrected chi connectivity index (χ4v) is 2.19. The monoisotopic (exact) mass is 191 g/mol. The van der Waals surface area contributed by atoms with Crippen molar-refractivity contribution in [2.75, 3.05) is 5.75 Å². The standard InChI is InChI=1S/C11H13NS/c1-2-5-10(6-3-1)9-12-11-7-4-8-13-11/h1-3,5-7,12H,4,8-9H2. The third-order valence-electron chi connectivity index (χ3n) is 2.01. The second-order valence-corrected chi connectivity index (χ2v) is 4.18. The van der Waals surface area contributed by atoms with Gasteiger partial charge in [-0.2, -0.15) is 0 Å². The van der Waals surface area contributed by atoms with Crippen molar-refractivity contribution < 1.29 is 0 Å². The molecule has 0 aliphatic carbocycles. The van der Waals surface area contributed by atoms with Crippen molar-refractivity contribution in [2.24, 2.45) is 0 Å². The average molecular weight is 191 g/mol. The van der Waals surface area contributed by atoms with Gasteiger partial charge in [0.05, 0.1) is 5.03 Å². The Hall–Kier alpha value is -0.890. The van der Waals surface area contributed by atoms with Crippen LogP contribution in [-0.4, -0.2) is 5.75 Å². The highest BCUT2D eigenvalue weighted by Crippen LogP contribution is 2.21. The fraction of sp³-hybridized carbons (Fsp3) is 0.273. The van der Waals surface area contributed by atoms with Crippen molar-refractivity contribution in [3.63, 3.8) is 0 Å². The van der Waals surface area contributed by atoms with E-state index in [2.05, 4.69) is 35.7 Å². The fourth-order valence-electron chi connectivity index (χ4n) is 1.33. The number of hydrogen-bond donors (Lipinski definition) is 1. The van der Waals surface area contributed by atoms with Crippen LogP contribution in [0.2, 0.25) is 0 Å². The van der Waals surface area contributed by atoms with Crippen LogP contribution < -0.4 is 5.32 Å². The molecule has 1 aliphatic rings. The van der Waals surface area contributed by atoms with Crippen molar-refractivity contribution in [1.29, 1.82) is 0 Å². The number of nitrogens with one attached hydrogen (secondary N) is 1. The molecule has 1 aromatic carbocycles. The lowest BCUT2D eigenvalue weighted by atomic mass is 10.2. The van der Waals surface area contributed by atoms with Gasteiger partial charge in [-0.3, -0.25) is 0 Å². The van der Waals surface area contributed by atoms with Gasteiger partial charge < -0.3 is 5.32 Å². The number of benzene rings is 1. The topological polar surface area (TPSA) is 12.0 Å². The number of hydrogen-bond acceptors (Lipinski definition) is 2. The maximum absolute atomic E-state index is 3.42. The van der Waals surface area contributed by atoms with Gasteiger partial charge in [-0.1, -0.05) is 36.4 Å². The van der Waals surface area contributed by atoms with E-state index in [1.807, 2.05) is 17.8 Å². The van der Waals surface area contributed by atoms with E-state index in [0.717, 1.165) is 6.54 Å². The number of thioether (sulfide) groups is 1. The summed E-state index contributed by atoms with van der Waals surface area (Å²) in [4.78, 5) is 0. The molecule has 1 nitrogen and oxygen atoms in total. The van der Waals surface area contributed by atoms with E-state index in [1.165, 1.54) is 22.8 Å². The minimum Gasteiger partial charge on any atom is -0.376 e. The highest BCUT2D eigenvalue weighted by atomic mass is 32.2. The van der Waals surface area contributed by atoms with Gasteiger partial charge in [0.1, 0.15) is 0 Å². The lowest BCUT2D eigenvalue weighted by Crippen LogP contribution is -2.08. The minimum atomic E-state index is 0.944. The van der Waals surface area contributed by atoms with Crippen LogP contribution >= 0.6 is 11.8 Å². The summed E-state index contributed by atoms with van der Waals surface area (Å²) in [6, 6.07) is 10.5. The summed E-state index contributed by atoms with van der Waals surface area (Å²) in [7, 11) is 0. The summed E-state index contributed by atoms with van der Waals surface area (Å²) in [6.07, 6.45) is 3.48. The van der Waals surface area contributed by atoms with Crippen molar-refractivity contribution in [2.45, 2.75) is 13.0 Å². The molecule has 68 valence electrons. The van der Waals surface area contributed by atoms with Crippen LogP contribution in [0.5, 0.6) is 0 Å². The maximum atomic E-state index is 3.42. The lowest BCUT2D eigenvalue weighted by Gasteiger charge is -2.05. The van der Waals surface area contributed by atoms with Crippen LogP contribution in [0, 0.1) is 0 Å². The number of rotatable bonds is 3. The Morgan fingerprint density at radius 2 is 2.08 bits per heavy atom. The summed E-state index contributed by atoms with van der Waals surface area (Å²) in [5.74, 6) is 1.23. The predicted octanol–water partition coefficient (Wildman–Crippen LogP) is 2.75. The first-order valence-corrected chi connectivity index (χ1v) is 5.54. The van der Waals surface area contributed by atoms with Crippen molar-refractivity contribution >= 4 is 11.8 Å². The molecule has 0 aromatic heterocycles. The van der Waals surface area contributed by atoms with E-state index < -0.39 is 0 Å². The first-order chi connectivity index (χ1) is 6.45. The van der Waals surface area contributed by atoms with Gasteiger partial charge in [-0.05, 0) is 12.0 Å². The lowest BCUT2D eigenvalue weighted by molar-refractivity contribution is 0.856. The van der Waals surface area contributed by atoms with E-state index in [0.29, 0.717) is 0 Å². The molecule has 0 atom stereocenters. The molecule has 0 saturated heterocycles. The summed E-state index contributed by atoms with van der Waals surface area (Å²) >= 11 is 1.91. The van der Waals surface area contributed by atoms with Crippen molar-refractivity contribution in [3.05, 3.63) is 47.0 Å². The quantitative estimate of drug-likeness (QED) is 0.788. The Morgan fingerprint density at radius 3 is 2.77 bits per heavy atom. The van der Waals surface area contributed by atoms with E-state index in [4.69, 9.17) is 0 Å². The van der Waals surface area contributed by atoms with Crippen molar-refractivity contribution in [3.8, 4) is 0 Å². The molecule has 0 unspecified atom stereocenters. The summed E-state index contributed by atoms with van der Waals surface area (Å²) in [6.45, 7) is 0.944. The molecule has 13 heavy (non-hydrogen) atoms. The van der Waals surface area contributed by atoms with E-state index in [9.17, 15) is 0 Å². The zero-order valence-corrected chi connectivity index (χ0v) is 8.31. The van der Waals surface area contributed by atoms with Gasteiger partial charge in [0.2, 0.25) is 0 Å². The Balaban J connectivity index is 1.86. The van der Waals surface area contributed by atoms with Crippen LogP contribution in [0.4, 0.5) is 0 Å². The van der Waals surface area contributed by atoms with E-state index in [-0.39, 0.29) is 0 Å². The third-order valence-corrected chi connectivity index (χ3v) is 3.08. The molecule has 1 aliphatic heterocycles. The molecule has 0 amide bonds. The molecule has 1 N–H and O–H groups in total. The summed E-state index contributed by atoms with van der Waals surface area (Å²) in [5, 5.41) is 4.76. The normalized spacial score (nSPS) is 15.5. The van der Waals surface area contributed by atoms with Crippen LogP contribution in [0.1, 0.15) is 12.0 Å². The molecular formula is C11H13NS. The molecule has 2 heteroatoms. The first-order valence-electron chi connectivity index (χ1n) is 4.56. The second kappa shape index (κ2) is 4.38. The second-order valence-electron chi connectivity index (χ2n) is 3.04. The summed E-state index contributed by atoms with van der Waals surface area (Å²) < 4.78 is 0. The Morgan fingerprint density at radius 1 is 1.23 bits per heavy atom. The van der Waals surface area contributed by atoms with E-state index >= 15 is 0 Å². The predicted molar refractivity (Wildman–Crippen MR) is 58.4 cm³/mol. The van der Waals surface area contributed by atoms with Crippen LogP contribution in [0.3, 0.4) is 0 Å². The molecule has 0 radical (unpaired) electrons. The summed E-state index contributed by atoms with van der Waals surface area (Å²) in [5.41, 5.74) is 1.34. The largest absolute Gasteiger partial charge is 0.376 e. The highest BCUT2D eigenvalue weighted by molar-refractivity contribution is 8.03. The van der Waals surface area contributed by atoms with Gasteiger partial charge in [0.15, 0.2) is 0 Å². The van der Waals surface area contributed by atoms with Crippen LogP contribution in [-0.2, 0) is 6.54 Å². The zero-order valence-electron chi connectivity index (χ0n) is 7.49. The van der Waals surface area contributed by atoms with Gasteiger partial charge >= 0.3 is 0 Å². The van der Waals surface area contributed by atoms with Gasteiger partial charge in [0, 0.05) is 12.3 Å². The molecular weight excluding hydrogens is 178 g/mol. The Labute approximate surface area is 83.2 Å². The zero-order chi connectivity index (χ0) is 8.93. The van der Waals surface area contributed by atoms with E-state index in [1.54, 1.807) is 0 Å². The molecule has 0 spiro atoms. The molecule has 1 heterocycles.